The monoisotopic (exact) mass is 388 g/mol. The molecule has 5 nitrogen and oxygen atoms in total. The lowest BCUT2D eigenvalue weighted by Gasteiger charge is -2.18. The quantitative estimate of drug-likeness (QED) is 0.590. The van der Waals surface area contributed by atoms with Crippen molar-refractivity contribution in [3.8, 4) is 11.4 Å². The summed E-state index contributed by atoms with van der Waals surface area (Å²) in [6, 6.07) is 15.9. The van der Waals surface area contributed by atoms with Gasteiger partial charge in [-0.1, -0.05) is 51.1 Å². The molecule has 3 rings (SSSR count). The van der Waals surface area contributed by atoms with Crippen molar-refractivity contribution in [3.05, 3.63) is 72.1 Å². The molecule has 0 spiro atoms. The molecule has 5 heteroatoms. The highest BCUT2D eigenvalue weighted by Gasteiger charge is 2.16. The van der Waals surface area contributed by atoms with Gasteiger partial charge in [0.15, 0.2) is 5.82 Å². The molecule has 2 N–H and O–H groups in total. The van der Waals surface area contributed by atoms with Crippen molar-refractivity contribution in [2.24, 2.45) is 5.41 Å². The molecule has 0 aliphatic rings. The molecule has 1 aromatic heterocycles. The standard InChI is InChI=1S/C24H28N4O/c1-17-12-20(10-11-21(17)28-22(29)13-24(2,3)4)25-14-18-15-26-23(27-16-18)19-8-6-5-7-9-19/h5-12,15-16,25H,13-14H2,1-4H3,(H,28,29). The fourth-order valence-corrected chi connectivity index (χ4v) is 2.98. The van der Waals surface area contributed by atoms with Gasteiger partial charge in [-0.2, -0.15) is 0 Å². The molecule has 0 atom stereocenters. The second kappa shape index (κ2) is 8.86. The minimum Gasteiger partial charge on any atom is -0.381 e. The van der Waals surface area contributed by atoms with Crippen molar-refractivity contribution in [1.82, 2.24) is 9.97 Å². The second-order valence-corrected chi connectivity index (χ2v) is 8.45. The predicted molar refractivity (Wildman–Crippen MR) is 119 cm³/mol. The summed E-state index contributed by atoms with van der Waals surface area (Å²) < 4.78 is 0. The third kappa shape index (κ3) is 6.14. The zero-order valence-corrected chi connectivity index (χ0v) is 17.5. The number of anilines is 2. The van der Waals surface area contributed by atoms with Crippen LogP contribution in [0.2, 0.25) is 0 Å². The molecule has 0 aliphatic heterocycles. The molecule has 1 heterocycles. The van der Waals surface area contributed by atoms with Gasteiger partial charge in [-0.05, 0) is 36.1 Å². The smallest absolute Gasteiger partial charge is 0.224 e. The molecule has 0 fully saturated rings. The lowest BCUT2D eigenvalue weighted by molar-refractivity contribution is -0.117. The minimum atomic E-state index is -0.0301. The van der Waals surface area contributed by atoms with Gasteiger partial charge in [0, 0.05) is 47.9 Å². The van der Waals surface area contributed by atoms with Crippen molar-refractivity contribution in [3.63, 3.8) is 0 Å². The number of carbonyl (C=O) groups is 1. The van der Waals surface area contributed by atoms with E-state index in [9.17, 15) is 4.79 Å². The van der Waals surface area contributed by atoms with Crippen LogP contribution in [0.3, 0.4) is 0 Å². The number of nitrogens with zero attached hydrogens (tertiary/aromatic N) is 2. The maximum atomic E-state index is 12.2. The van der Waals surface area contributed by atoms with Crippen LogP contribution in [-0.4, -0.2) is 15.9 Å². The van der Waals surface area contributed by atoms with Gasteiger partial charge in [0.05, 0.1) is 0 Å². The summed E-state index contributed by atoms with van der Waals surface area (Å²) >= 11 is 0. The number of nitrogens with one attached hydrogen (secondary N) is 2. The number of amides is 1. The Balaban J connectivity index is 1.58. The van der Waals surface area contributed by atoms with Crippen LogP contribution in [0.5, 0.6) is 0 Å². The Morgan fingerprint density at radius 1 is 1.00 bits per heavy atom. The highest BCUT2D eigenvalue weighted by molar-refractivity contribution is 5.92. The van der Waals surface area contributed by atoms with Crippen LogP contribution < -0.4 is 10.6 Å². The van der Waals surface area contributed by atoms with Crippen molar-refractivity contribution < 1.29 is 4.79 Å². The second-order valence-electron chi connectivity index (χ2n) is 8.45. The van der Waals surface area contributed by atoms with Gasteiger partial charge in [-0.25, -0.2) is 9.97 Å². The summed E-state index contributed by atoms with van der Waals surface area (Å²) in [7, 11) is 0. The molecule has 0 saturated carbocycles. The van der Waals surface area contributed by atoms with E-state index >= 15 is 0 Å². The topological polar surface area (TPSA) is 66.9 Å². The summed E-state index contributed by atoms with van der Waals surface area (Å²) in [4.78, 5) is 21.1. The van der Waals surface area contributed by atoms with Gasteiger partial charge in [-0.3, -0.25) is 4.79 Å². The van der Waals surface area contributed by atoms with Gasteiger partial charge >= 0.3 is 0 Å². The van der Waals surface area contributed by atoms with Crippen LogP contribution in [0.4, 0.5) is 11.4 Å². The van der Waals surface area contributed by atoms with E-state index in [0.29, 0.717) is 13.0 Å². The molecule has 2 aromatic carbocycles. The maximum absolute atomic E-state index is 12.2. The highest BCUT2D eigenvalue weighted by Crippen LogP contribution is 2.23. The van der Waals surface area contributed by atoms with Crippen LogP contribution >= 0.6 is 0 Å². The van der Waals surface area contributed by atoms with Crippen LogP contribution in [0.15, 0.2) is 60.9 Å². The number of benzene rings is 2. The van der Waals surface area contributed by atoms with Gasteiger partial charge in [0.25, 0.3) is 0 Å². The van der Waals surface area contributed by atoms with E-state index in [1.807, 2.05) is 67.8 Å². The Labute approximate surface area is 172 Å². The van der Waals surface area contributed by atoms with Crippen molar-refractivity contribution in [2.45, 2.75) is 40.7 Å². The van der Waals surface area contributed by atoms with E-state index in [1.54, 1.807) is 0 Å². The molecule has 1 amide bonds. The first kappa shape index (κ1) is 20.5. The number of rotatable bonds is 6. The number of aryl methyl sites for hydroxylation is 1. The van der Waals surface area contributed by atoms with Crippen LogP contribution in [0.1, 0.15) is 38.3 Å². The first-order valence-electron chi connectivity index (χ1n) is 9.81. The van der Waals surface area contributed by atoms with Crippen LogP contribution in [0, 0.1) is 12.3 Å². The third-order valence-corrected chi connectivity index (χ3v) is 4.43. The largest absolute Gasteiger partial charge is 0.381 e. The van der Waals surface area contributed by atoms with E-state index in [-0.39, 0.29) is 11.3 Å². The fraction of sp³-hybridized carbons (Fsp3) is 0.292. The highest BCUT2D eigenvalue weighted by atomic mass is 16.1. The Morgan fingerprint density at radius 2 is 1.69 bits per heavy atom. The van der Waals surface area contributed by atoms with Gasteiger partial charge in [0.2, 0.25) is 5.91 Å². The first-order valence-corrected chi connectivity index (χ1v) is 9.81. The minimum absolute atomic E-state index is 0.0301. The van der Waals surface area contributed by atoms with Crippen molar-refractivity contribution in [2.75, 3.05) is 10.6 Å². The Bertz CT molecular complexity index is 960. The van der Waals surface area contributed by atoms with E-state index in [0.717, 1.165) is 33.9 Å². The van der Waals surface area contributed by atoms with Crippen LogP contribution in [-0.2, 0) is 11.3 Å². The van der Waals surface area contributed by atoms with Crippen molar-refractivity contribution >= 4 is 17.3 Å². The van der Waals surface area contributed by atoms with Crippen LogP contribution in [0.25, 0.3) is 11.4 Å². The summed E-state index contributed by atoms with van der Waals surface area (Å²) in [5.74, 6) is 0.762. The van der Waals surface area contributed by atoms with E-state index in [1.165, 1.54) is 0 Å². The third-order valence-electron chi connectivity index (χ3n) is 4.43. The molecule has 3 aromatic rings. The lowest BCUT2D eigenvalue weighted by atomic mass is 9.92. The van der Waals surface area contributed by atoms with E-state index in [4.69, 9.17) is 0 Å². The fourth-order valence-electron chi connectivity index (χ4n) is 2.98. The predicted octanol–water partition coefficient (Wildman–Crippen LogP) is 5.44. The first-order chi connectivity index (χ1) is 13.8. The Hall–Kier alpha value is -3.21. The average Bonchev–Trinajstić information content (AvgIpc) is 2.68. The lowest BCUT2D eigenvalue weighted by Crippen LogP contribution is -2.20. The molecule has 0 radical (unpaired) electrons. The normalized spacial score (nSPS) is 11.2. The van der Waals surface area contributed by atoms with Gasteiger partial charge < -0.3 is 10.6 Å². The number of hydrogen-bond donors (Lipinski definition) is 2. The van der Waals surface area contributed by atoms with Crippen molar-refractivity contribution in [1.29, 1.82) is 0 Å². The van der Waals surface area contributed by atoms with E-state index < -0.39 is 0 Å². The maximum Gasteiger partial charge on any atom is 0.224 e. The zero-order valence-electron chi connectivity index (χ0n) is 17.5. The SMILES string of the molecule is Cc1cc(NCc2cnc(-c3ccccc3)nc2)ccc1NC(=O)CC(C)(C)C. The number of carbonyl (C=O) groups excluding carboxylic acids is 1. The number of hydrogen-bond acceptors (Lipinski definition) is 4. The zero-order chi connectivity index (χ0) is 20.9. The molecular weight excluding hydrogens is 360 g/mol. The molecule has 29 heavy (non-hydrogen) atoms. The summed E-state index contributed by atoms with van der Waals surface area (Å²) in [5, 5.41) is 6.39. The average molecular weight is 389 g/mol. The van der Waals surface area contributed by atoms with E-state index in [2.05, 4.69) is 41.4 Å². The summed E-state index contributed by atoms with van der Waals surface area (Å²) in [6.07, 6.45) is 4.18. The molecular formula is C24H28N4O. The molecule has 0 aliphatic carbocycles. The molecule has 150 valence electrons. The number of aromatic nitrogens is 2. The molecule has 0 saturated heterocycles. The summed E-state index contributed by atoms with van der Waals surface area (Å²) in [6.45, 7) is 8.80. The Kier molecular flexibility index (Phi) is 6.27. The Morgan fingerprint density at radius 3 is 2.31 bits per heavy atom. The molecule has 0 unspecified atom stereocenters. The summed E-state index contributed by atoms with van der Waals surface area (Å²) in [5.41, 5.74) is 4.84. The molecule has 0 bridgehead atoms. The van der Waals surface area contributed by atoms with Gasteiger partial charge in [0.1, 0.15) is 0 Å². The van der Waals surface area contributed by atoms with Gasteiger partial charge in [-0.15, -0.1) is 0 Å².